The molecule has 7 nitrogen and oxygen atoms in total. The molecule has 0 radical (unpaired) electrons. The van der Waals surface area contributed by atoms with Crippen LogP contribution in [-0.4, -0.2) is 66.3 Å². The average Bonchev–Trinajstić information content (AvgIpc) is 3.45. The lowest BCUT2D eigenvalue weighted by atomic mass is 9.95. The average molecular weight is 386 g/mol. The van der Waals surface area contributed by atoms with E-state index in [0.29, 0.717) is 50.0 Å². The van der Waals surface area contributed by atoms with Gasteiger partial charge in [-0.15, -0.1) is 0 Å². The lowest BCUT2D eigenvalue weighted by Gasteiger charge is -2.34. The van der Waals surface area contributed by atoms with Crippen molar-refractivity contribution in [3.8, 4) is 0 Å². The van der Waals surface area contributed by atoms with Crippen molar-refractivity contribution in [2.24, 2.45) is 5.41 Å². The molecule has 3 amide bonds. The fourth-order valence-electron chi connectivity index (χ4n) is 3.04. The van der Waals surface area contributed by atoms with E-state index >= 15 is 0 Å². The molecule has 1 aliphatic heterocycles. The van der Waals surface area contributed by atoms with Crippen LogP contribution in [0.25, 0.3) is 0 Å². The lowest BCUT2D eigenvalue weighted by Crippen LogP contribution is -2.51. The van der Waals surface area contributed by atoms with Gasteiger partial charge in [0, 0.05) is 48.9 Å². The molecule has 7 heteroatoms. The molecule has 1 saturated heterocycles. The van der Waals surface area contributed by atoms with Gasteiger partial charge in [-0.2, -0.15) is 0 Å². The van der Waals surface area contributed by atoms with Gasteiger partial charge in [-0.3, -0.25) is 19.3 Å². The van der Waals surface area contributed by atoms with E-state index in [1.54, 1.807) is 29.2 Å². The van der Waals surface area contributed by atoms with Crippen molar-refractivity contribution >= 4 is 23.4 Å². The molecule has 2 fully saturated rings. The van der Waals surface area contributed by atoms with Gasteiger partial charge in [0.25, 0.3) is 5.91 Å². The zero-order valence-corrected chi connectivity index (χ0v) is 17.0. The third-order valence-corrected chi connectivity index (χ3v) is 5.02. The molecular formula is C21H30N4O3. The molecular weight excluding hydrogens is 356 g/mol. The zero-order valence-electron chi connectivity index (χ0n) is 17.0. The number of anilines is 1. The Morgan fingerprint density at radius 2 is 1.75 bits per heavy atom. The van der Waals surface area contributed by atoms with Crippen LogP contribution in [0.3, 0.4) is 0 Å². The molecule has 1 aromatic rings. The van der Waals surface area contributed by atoms with Crippen LogP contribution < -0.4 is 10.6 Å². The topological polar surface area (TPSA) is 81.8 Å². The smallest absolute Gasteiger partial charge is 0.254 e. The Balaban J connectivity index is 1.52. The summed E-state index contributed by atoms with van der Waals surface area (Å²) >= 11 is 0. The normalized spacial score (nSPS) is 17.9. The fraction of sp³-hybridized carbons (Fsp3) is 0.571. The summed E-state index contributed by atoms with van der Waals surface area (Å²) in [4.78, 5) is 40.8. The van der Waals surface area contributed by atoms with Crippen molar-refractivity contribution < 1.29 is 14.4 Å². The van der Waals surface area contributed by atoms with Gasteiger partial charge in [0.2, 0.25) is 11.8 Å². The van der Waals surface area contributed by atoms with E-state index in [0.717, 1.165) is 12.8 Å². The van der Waals surface area contributed by atoms with Gasteiger partial charge in [-0.25, -0.2) is 0 Å². The molecule has 152 valence electrons. The van der Waals surface area contributed by atoms with E-state index < -0.39 is 5.41 Å². The maximum absolute atomic E-state index is 12.8. The van der Waals surface area contributed by atoms with Crippen molar-refractivity contribution in [1.82, 2.24) is 15.1 Å². The van der Waals surface area contributed by atoms with Gasteiger partial charge >= 0.3 is 0 Å². The minimum absolute atomic E-state index is 0.0473. The molecule has 1 aliphatic carbocycles. The van der Waals surface area contributed by atoms with E-state index in [1.807, 2.05) is 20.8 Å². The maximum atomic E-state index is 12.8. The SMILES string of the molecule is CC(C)(C)C(=O)Nc1cccc(C(=O)N2CCN(CC(=O)NC3CC3)CC2)c1. The quantitative estimate of drug-likeness (QED) is 0.807. The summed E-state index contributed by atoms with van der Waals surface area (Å²) in [6.07, 6.45) is 2.17. The van der Waals surface area contributed by atoms with E-state index in [1.165, 1.54) is 0 Å². The van der Waals surface area contributed by atoms with Crippen molar-refractivity contribution in [3.05, 3.63) is 29.8 Å². The Morgan fingerprint density at radius 1 is 1.07 bits per heavy atom. The Hall–Kier alpha value is -2.41. The molecule has 3 rings (SSSR count). The summed E-state index contributed by atoms with van der Waals surface area (Å²) < 4.78 is 0. The molecule has 0 bridgehead atoms. The highest BCUT2D eigenvalue weighted by molar-refractivity contribution is 5.98. The van der Waals surface area contributed by atoms with Crippen LogP contribution >= 0.6 is 0 Å². The minimum Gasteiger partial charge on any atom is -0.352 e. The summed E-state index contributed by atoms with van der Waals surface area (Å²) in [5.74, 6) is -0.0614. The molecule has 28 heavy (non-hydrogen) atoms. The number of nitrogens with zero attached hydrogens (tertiary/aromatic N) is 2. The first kappa shape index (κ1) is 20.3. The summed E-state index contributed by atoms with van der Waals surface area (Å²) in [5.41, 5.74) is 0.690. The molecule has 0 spiro atoms. The second-order valence-corrected chi connectivity index (χ2v) is 8.70. The van der Waals surface area contributed by atoms with Crippen LogP contribution in [0, 0.1) is 5.41 Å². The number of piperazine rings is 1. The van der Waals surface area contributed by atoms with Gasteiger partial charge in [0.05, 0.1) is 6.54 Å². The van der Waals surface area contributed by atoms with Gasteiger partial charge in [-0.1, -0.05) is 26.8 Å². The van der Waals surface area contributed by atoms with Crippen LogP contribution in [0.15, 0.2) is 24.3 Å². The highest BCUT2D eigenvalue weighted by Gasteiger charge is 2.27. The highest BCUT2D eigenvalue weighted by Crippen LogP contribution is 2.20. The van der Waals surface area contributed by atoms with Crippen molar-refractivity contribution in [2.45, 2.75) is 39.7 Å². The first-order valence-electron chi connectivity index (χ1n) is 9.95. The monoisotopic (exact) mass is 386 g/mol. The third kappa shape index (κ3) is 5.55. The molecule has 1 saturated carbocycles. The Labute approximate surface area is 166 Å². The van der Waals surface area contributed by atoms with Gasteiger partial charge in [-0.05, 0) is 31.0 Å². The predicted octanol–water partition coefficient (Wildman–Crippen LogP) is 1.71. The molecule has 2 N–H and O–H groups in total. The molecule has 1 aromatic carbocycles. The predicted molar refractivity (Wildman–Crippen MR) is 108 cm³/mol. The Bertz CT molecular complexity index is 744. The number of amides is 3. The van der Waals surface area contributed by atoms with Gasteiger partial charge in [0.1, 0.15) is 0 Å². The van der Waals surface area contributed by atoms with Crippen LogP contribution in [0.1, 0.15) is 44.0 Å². The van der Waals surface area contributed by atoms with Gasteiger partial charge in [0.15, 0.2) is 0 Å². The van der Waals surface area contributed by atoms with Crippen LogP contribution in [-0.2, 0) is 9.59 Å². The first-order valence-corrected chi connectivity index (χ1v) is 9.95. The number of carbonyl (C=O) groups is 3. The largest absolute Gasteiger partial charge is 0.352 e. The molecule has 0 atom stereocenters. The number of hydrogen-bond donors (Lipinski definition) is 2. The second kappa shape index (κ2) is 8.31. The van der Waals surface area contributed by atoms with E-state index in [-0.39, 0.29) is 17.7 Å². The summed E-state index contributed by atoms with van der Waals surface area (Å²) in [7, 11) is 0. The maximum Gasteiger partial charge on any atom is 0.254 e. The molecule has 0 unspecified atom stereocenters. The summed E-state index contributed by atoms with van der Waals surface area (Å²) in [5, 5.41) is 5.86. The van der Waals surface area contributed by atoms with Crippen molar-refractivity contribution in [2.75, 3.05) is 38.0 Å². The fourth-order valence-corrected chi connectivity index (χ4v) is 3.04. The van der Waals surface area contributed by atoms with Gasteiger partial charge < -0.3 is 15.5 Å². The van der Waals surface area contributed by atoms with E-state index in [4.69, 9.17) is 0 Å². The first-order chi connectivity index (χ1) is 13.2. The van der Waals surface area contributed by atoms with Crippen LogP contribution in [0.5, 0.6) is 0 Å². The highest BCUT2D eigenvalue weighted by atomic mass is 16.2. The number of carbonyl (C=O) groups excluding carboxylic acids is 3. The zero-order chi connectivity index (χ0) is 20.3. The number of benzene rings is 1. The number of rotatable bonds is 5. The van der Waals surface area contributed by atoms with Crippen molar-refractivity contribution in [3.63, 3.8) is 0 Å². The molecule has 0 aromatic heterocycles. The van der Waals surface area contributed by atoms with Crippen LogP contribution in [0.4, 0.5) is 5.69 Å². The van der Waals surface area contributed by atoms with Crippen molar-refractivity contribution in [1.29, 1.82) is 0 Å². The number of nitrogens with one attached hydrogen (secondary N) is 2. The molecule has 2 aliphatic rings. The Kier molecular flexibility index (Phi) is 6.03. The standard InChI is InChI=1S/C21H30N4O3/c1-21(2,3)20(28)23-17-6-4-5-15(13-17)19(27)25-11-9-24(10-12-25)14-18(26)22-16-7-8-16/h4-6,13,16H,7-12,14H2,1-3H3,(H,22,26)(H,23,28). The Morgan fingerprint density at radius 3 is 2.36 bits per heavy atom. The summed E-state index contributed by atoms with van der Waals surface area (Å²) in [6.45, 7) is 8.49. The van der Waals surface area contributed by atoms with Crippen LogP contribution in [0.2, 0.25) is 0 Å². The second-order valence-electron chi connectivity index (χ2n) is 8.70. The lowest BCUT2D eigenvalue weighted by molar-refractivity contribution is -0.123. The third-order valence-electron chi connectivity index (χ3n) is 5.02. The number of hydrogen-bond acceptors (Lipinski definition) is 4. The van der Waals surface area contributed by atoms with E-state index in [9.17, 15) is 14.4 Å². The van der Waals surface area contributed by atoms with E-state index in [2.05, 4.69) is 15.5 Å². The summed E-state index contributed by atoms with van der Waals surface area (Å²) in [6, 6.07) is 7.44. The minimum atomic E-state index is -0.498. The molecule has 1 heterocycles.